The lowest BCUT2D eigenvalue weighted by Crippen LogP contribution is -2.41. The van der Waals surface area contributed by atoms with E-state index in [0.717, 1.165) is 44.2 Å². The molecule has 0 aromatic carbocycles. The standard InChI is InChI=1S/C9H16N2O/c1-3-12-4-2-11(1)9-7-5-10-6-8(7)9/h7-10H,1-6H2. The van der Waals surface area contributed by atoms with Crippen molar-refractivity contribution in [3.63, 3.8) is 0 Å². The lowest BCUT2D eigenvalue weighted by molar-refractivity contribution is 0.0288. The Morgan fingerprint density at radius 3 is 2.42 bits per heavy atom. The summed E-state index contributed by atoms with van der Waals surface area (Å²) in [6, 6.07) is 0.912. The van der Waals surface area contributed by atoms with Gasteiger partial charge in [-0.15, -0.1) is 0 Å². The predicted molar refractivity (Wildman–Crippen MR) is 46.0 cm³/mol. The molecule has 3 nitrogen and oxygen atoms in total. The molecule has 2 saturated heterocycles. The van der Waals surface area contributed by atoms with Gasteiger partial charge in [-0.1, -0.05) is 0 Å². The highest BCUT2D eigenvalue weighted by Gasteiger charge is 2.55. The average Bonchev–Trinajstić information content (AvgIpc) is 2.62. The molecule has 0 aromatic rings. The van der Waals surface area contributed by atoms with Gasteiger partial charge in [0.15, 0.2) is 0 Å². The summed E-state index contributed by atoms with van der Waals surface area (Å²) in [5.74, 6) is 1.95. The number of nitrogens with zero attached hydrogens (tertiary/aromatic N) is 1. The average molecular weight is 168 g/mol. The quantitative estimate of drug-likeness (QED) is 0.573. The molecule has 1 aliphatic carbocycles. The molecule has 2 unspecified atom stereocenters. The molecule has 12 heavy (non-hydrogen) atoms. The van der Waals surface area contributed by atoms with Crippen LogP contribution in [0.3, 0.4) is 0 Å². The summed E-state index contributed by atoms with van der Waals surface area (Å²) in [4.78, 5) is 2.62. The van der Waals surface area contributed by atoms with Crippen LogP contribution in [-0.2, 0) is 4.74 Å². The molecule has 2 atom stereocenters. The van der Waals surface area contributed by atoms with Crippen molar-refractivity contribution in [3.05, 3.63) is 0 Å². The Morgan fingerprint density at radius 1 is 1.08 bits per heavy atom. The monoisotopic (exact) mass is 168 g/mol. The summed E-state index contributed by atoms with van der Waals surface area (Å²) in [6.07, 6.45) is 0. The summed E-state index contributed by atoms with van der Waals surface area (Å²) in [5.41, 5.74) is 0. The van der Waals surface area contributed by atoms with E-state index in [0.29, 0.717) is 0 Å². The molecule has 3 fully saturated rings. The van der Waals surface area contributed by atoms with Crippen molar-refractivity contribution >= 4 is 0 Å². The molecule has 0 aromatic heterocycles. The van der Waals surface area contributed by atoms with Crippen LogP contribution in [0.5, 0.6) is 0 Å². The second-order valence-electron chi connectivity index (χ2n) is 4.12. The van der Waals surface area contributed by atoms with Gasteiger partial charge in [0.25, 0.3) is 0 Å². The fraction of sp³-hybridized carbons (Fsp3) is 1.00. The third kappa shape index (κ3) is 1.00. The summed E-state index contributed by atoms with van der Waals surface area (Å²) in [5, 5.41) is 3.43. The van der Waals surface area contributed by atoms with Gasteiger partial charge in [-0.3, -0.25) is 4.90 Å². The van der Waals surface area contributed by atoms with Crippen molar-refractivity contribution in [2.24, 2.45) is 11.8 Å². The van der Waals surface area contributed by atoms with Gasteiger partial charge in [-0.25, -0.2) is 0 Å². The van der Waals surface area contributed by atoms with Gasteiger partial charge in [0, 0.05) is 19.1 Å². The van der Waals surface area contributed by atoms with Crippen LogP contribution < -0.4 is 5.32 Å². The fourth-order valence-electron chi connectivity index (χ4n) is 2.80. The van der Waals surface area contributed by atoms with Gasteiger partial charge >= 0.3 is 0 Å². The Labute approximate surface area is 73.1 Å². The molecule has 3 heteroatoms. The van der Waals surface area contributed by atoms with Crippen LogP contribution in [0.2, 0.25) is 0 Å². The summed E-state index contributed by atoms with van der Waals surface area (Å²) < 4.78 is 5.34. The minimum Gasteiger partial charge on any atom is -0.379 e. The van der Waals surface area contributed by atoms with Crippen LogP contribution in [-0.4, -0.2) is 50.3 Å². The first-order valence-corrected chi connectivity index (χ1v) is 4.99. The van der Waals surface area contributed by atoms with Crippen LogP contribution in [0.25, 0.3) is 0 Å². The normalized spacial score (nSPS) is 47.5. The van der Waals surface area contributed by atoms with E-state index in [1.807, 2.05) is 0 Å². The Bertz CT molecular complexity index is 169. The zero-order valence-corrected chi connectivity index (χ0v) is 7.33. The zero-order valence-electron chi connectivity index (χ0n) is 7.33. The Kier molecular flexibility index (Phi) is 1.63. The smallest absolute Gasteiger partial charge is 0.0594 e. The molecule has 68 valence electrons. The molecule has 1 N–H and O–H groups in total. The molecular weight excluding hydrogens is 152 g/mol. The summed E-state index contributed by atoms with van der Waals surface area (Å²) in [6.45, 7) is 6.74. The number of ether oxygens (including phenoxy) is 1. The lowest BCUT2D eigenvalue weighted by atomic mass is 10.3. The van der Waals surface area contributed by atoms with Crippen molar-refractivity contribution in [3.8, 4) is 0 Å². The highest BCUT2D eigenvalue weighted by atomic mass is 16.5. The number of hydrogen-bond donors (Lipinski definition) is 1. The first-order valence-electron chi connectivity index (χ1n) is 4.99. The fourth-order valence-corrected chi connectivity index (χ4v) is 2.80. The predicted octanol–water partition coefficient (Wildman–Crippen LogP) is -0.464. The molecule has 0 amide bonds. The minimum atomic E-state index is 0.912. The third-order valence-corrected chi connectivity index (χ3v) is 3.51. The maximum absolute atomic E-state index is 5.34. The summed E-state index contributed by atoms with van der Waals surface area (Å²) >= 11 is 0. The maximum atomic E-state index is 5.34. The molecule has 1 saturated carbocycles. The van der Waals surface area contributed by atoms with Crippen molar-refractivity contribution in [1.82, 2.24) is 10.2 Å². The highest BCUT2D eigenvalue weighted by Crippen LogP contribution is 2.45. The number of piperidine rings is 1. The topological polar surface area (TPSA) is 24.5 Å². The van der Waals surface area contributed by atoms with Crippen molar-refractivity contribution in [2.45, 2.75) is 6.04 Å². The Hall–Kier alpha value is -0.120. The van der Waals surface area contributed by atoms with Crippen LogP contribution in [0.4, 0.5) is 0 Å². The van der Waals surface area contributed by atoms with E-state index < -0.39 is 0 Å². The SMILES string of the molecule is C1CN(C2C3CNCC32)CCO1. The van der Waals surface area contributed by atoms with E-state index in [4.69, 9.17) is 4.74 Å². The molecular formula is C9H16N2O. The van der Waals surface area contributed by atoms with E-state index in [1.54, 1.807) is 0 Å². The molecule has 0 spiro atoms. The highest BCUT2D eigenvalue weighted by molar-refractivity contribution is 5.10. The second kappa shape index (κ2) is 2.69. The van der Waals surface area contributed by atoms with Gasteiger partial charge < -0.3 is 10.1 Å². The van der Waals surface area contributed by atoms with E-state index in [2.05, 4.69) is 10.2 Å². The van der Waals surface area contributed by atoms with E-state index in [-0.39, 0.29) is 0 Å². The van der Waals surface area contributed by atoms with Gasteiger partial charge in [-0.05, 0) is 24.9 Å². The van der Waals surface area contributed by atoms with Gasteiger partial charge in [0.1, 0.15) is 0 Å². The third-order valence-electron chi connectivity index (χ3n) is 3.51. The van der Waals surface area contributed by atoms with Crippen LogP contribution >= 0.6 is 0 Å². The lowest BCUT2D eigenvalue weighted by Gasteiger charge is -2.28. The molecule has 3 aliphatic rings. The second-order valence-corrected chi connectivity index (χ2v) is 4.12. The van der Waals surface area contributed by atoms with Crippen molar-refractivity contribution < 1.29 is 4.74 Å². The molecule has 0 radical (unpaired) electrons. The number of rotatable bonds is 1. The zero-order chi connectivity index (χ0) is 7.97. The summed E-state index contributed by atoms with van der Waals surface area (Å²) in [7, 11) is 0. The molecule has 2 aliphatic heterocycles. The van der Waals surface area contributed by atoms with Crippen LogP contribution in [0.15, 0.2) is 0 Å². The number of fused-ring (bicyclic) bond motifs is 1. The number of hydrogen-bond acceptors (Lipinski definition) is 3. The van der Waals surface area contributed by atoms with Crippen molar-refractivity contribution in [1.29, 1.82) is 0 Å². The van der Waals surface area contributed by atoms with Gasteiger partial charge in [-0.2, -0.15) is 0 Å². The molecule has 3 rings (SSSR count). The van der Waals surface area contributed by atoms with E-state index in [1.165, 1.54) is 13.1 Å². The van der Waals surface area contributed by atoms with E-state index >= 15 is 0 Å². The van der Waals surface area contributed by atoms with Crippen molar-refractivity contribution in [2.75, 3.05) is 39.4 Å². The van der Waals surface area contributed by atoms with Gasteiger partial charge in [0.2, 0.25) is 0 Å². The largest absolute Gasteiger partial charge is 0.379 e. The molecule has 2 heterocycles. The van der Waals surface area contributed by atoms with Crippen LogP contribution in [0.1, 0.15) is 0 Å². The minimum absolute atomic E-state index is 0.912. The maximum Gasteiger partial charge on any atom is 0.0594 e. The Morgan fingerprint density at radius 2 is 1.75 bits per heavy atom. The Balaban J connectivity index is 1.60. The first-order chi connectivity index (χ1) is 5.97. The van der Waals surface area contributed by atoms with Crippen LogP contribution in [0, 0.1) is 11.8 Å². The van der Waals surface area contributed by atoms with Gasteiger partial charge in [0.05, 0.1) is 13.2 Å². The number of nitrogens with one attached hydrogen (secondary N) is 1. The number of morpholine rings is 1. The van der Waals surface area contributed by atoms with E-state index in [9.17, 15) is 0 Å². The first kappa shape index (κ1) is 7.30. The molecule has 0 bridgehead atoms.